The fraction of sp³-hybridized carbons (Fsp3) is 0.435. The van der Waals surface area contributed by atoms with Gasteiger partial charge < -0.3 is 15.1 Å². The summed E-state index contributed by atoms with van der Waals surface area (Å²) in [6, 6.07) is 10.4. The molecule has 0 atom stereocenters. The molecule has 6 heteroatoms. The van der Waals surface area contributed by atoms with Crippen molar-refractivity contribution in [1.29, 1.82) is 0 Å². The SMILES string of the molecule is Cc1cccc(N2CCN(C(=O)c3cncc(C(=O)NC4CCCC4)c3)CC2)c1. The number of amides is 2. The summed E-state index contributed by atoms with van der Waals surface area (Å²) in [6.07, 6.45) is 7.48. The van der Waals surface area contributed by atoms with E-state index in [4.69, 9.17) is 0 Å². The zero-order chi connectivity index (χ0) is 20.2. The lowest BCUT2D eigenvalue weighted by Crippen LogP contribution is -2.48. The summed E-state index contributed by atoms with van der Waals surface area (Å²) in [4.78, 5) is 33.8. The monoisotopic (exact) mass is 392 g/mol. The number of piperazine rings is 1. The summed E-state index contributed by atoms with van der Waals surface area (Å²) in [6.45, 7) is 5.00. The second-order valence-electron chi connectivity index (χ2n) is 8.04. The molecule has 1 aromatic carbocycles. The Morgan fingerprint density at radius 3 is 2.45 bits per heavy atom. The summed E-state index contributed by atoms with van der Waals surface area (Å²) >= 11 is 0. The van der Waals surface area contributed by atoms with E-state index in [-0.39, 0.29) is 17.9 Å². The molecule has 1 saturated heterocycles. The quantitative estimate of drug-likeness (QED) is 0.869. The number of carbonyl (C=O) groups excluding carboxylic acids is 2. The Morgan fingerprint density at radius 1 is 1.00 bits per heavy atom. The van der Waals surface area contributed by atoms with Crippen molar-refractivity contribution in [2.24, 2.45) is 0 Å². The highest BCUT2D eigenvalue weighted by Crippen LogP contribution is 2.20. The van der Waals surface area contributed by atoms with Crippen LogP contribution in [0.1, 0.15) is 52.0 Å². The van der Waals surface area contributed by atoms with Crippen LogP contribution in [0, 0.1) is 6.92 Å². The lowest BCUT2D eigenvalue weighted by Gasteiger charge is -2.36. The van der Waals surface area contributed by atoms with Gasteiger partial charge in [0.15, 0.2) is 0 Å². The number of benzene rings is 1. The van der Waals surface area contributed by atoms with Gasteiger partial charge in [0.2, 0.25) is 0 Å². The maximum absolute atomic E-state index is 13.0. The Bertz CT molecular complexity index is 884. The molecule has 2 aromatic rings. The van der Waals surface area contributed by atoms with Crippen LogP contribution in [0.15, 0.2) is 42.7 Å². The van der Waals surface area contributed by atoms with Gasteiger partial charge in [-0.3, -0.25) is 14.6 Å². The molecule has 1 saturated carbocycles. The van der Waals surface area contributed by atoms with Crippen LogP contribution in [0.25, 0.3) is 0 Å². The first-order valence-electron chi connectivity index (χ1n) is 10.5. The van der Waals surface area contributed by atoms with Crippen molar-refractivity contribution in [1.82, 2.24) is 15.2 Å². The molecule has 2 heterocycles. The second kappa shape index (κ2) is 8.64. The minimum Gasteiger partial charge on any atom is -0.368 e. The number of hydrogen-bond acceptors (Lipinski definition) is 4. The maximum Gasteiger partial charge on any atom is 0.255 e. The molecule has 2 amide bonds. The van der Waals surface area contributed by atoms with Crippen LogP contribution in [0.3, 0.4) is 0 Å². The minimum absolute atomic E-state index is 0.0584. The molecular weight excluding hydrogens is 364 g/mol. The molecule has 1 aromatic heterocycles. The Hall–Kier alpha value is -2.89. The first-order chi connectivity index (χ1) is 14.1. The van der Waals surface area contributed by atoms with Crippen molar-refractivity contribution in [2.75, 3.05) is 31.1 Å². The molecule has 0 unspecified atom stereocenters. The Labute approximate surface area is 171 Å². The van der Waals surface area contributed by atoms with E-state index in [0.717, 1.165) is 38.8 Å². The van der Waals surface area contributed by atoms with Crippen LogP contribution in [-0.2, 0) is 0 Å². The van der Waals surface area contributed by atoms with Gasteiger partial charge in [-0.15, -0.1) is 0 Å². The van der Waals surface area contributed by atoms with Gasteiger partial charge in [-0.2, -0.15) is 0 Å². The van der Waals surface area contributed by atoms with E-state index in [1.165, 1.54) is 17.4 Å². The number of pyridine rings is 1. The first-order valence-corrected chi connectivity index (χ1v) is 10.5. The number of nitrogens with one attached hydrogen (secondary N) is 1. The molecule has 2 fully saturated rings. The van der Waals surface area contributed by atoms with Crippen LogP contribution in [0.4, 0.5) is 5.69 Å². The zero-order valence-corrected chi connectivity index (χ0v) is 16.9. The van der Waals surface area contributed by atoms with Gasteiger partial charge in [-0.1, -0.05) is 25.0 Å². The average Bonchev–Trinajstić information content (AvgIpc) is 3.26. The third kappa shape index (κ3) is 4.58. The number of carbonyl (C=O) groups is 2. The van der Waals surface area contributed by atoms with E-state index in [1.807, 2.05) is 4.90 Å². The highest BCUT2D eigenvalue weighted by Gasteiger charge is 2.24. The molecule has 0 spiro atoms. The minimum atomic E-state index is -0.136. The maximum atomic E-state index is 13.0. The topological polar surface area (TPSA) is 65.5 Å². The predicted octanol–water partition coefficient (Wildman–Crippen LogP) is 3.02. The van der Waals surface area contributed by atoms with Crippen molar-refractivity contribution in [3.8, 4) is 0 Å². The summed E-state index contributed by atoms with van der Waals surface area (Å²) in [5.74, 6) is -0.194. The summed E-state index contributed by atoms with van der Waals surface area (Å²) in [7, 11) is 0. The second-order valence-corrected chi connectivity index (χ2v) is 8.04. The molecule has 6 nitrogen and oxygen atoms in total. The molecule has 1 aliphatic carbocycles. The van der Waals surface area contributed by atoms with Gasteiger partial charge in [0.05, 0.1) is 11.1 Å². The van der Waals surface area contributed by atoms with Crippen molar-refractivity contribution < 1.29 is 9.59 Å². The fourth-order valence-corrected chi connectivity index (χ4v) is 4.19. The molecule has 152 valence electrons. The van der Waals surface area contributed by atoms with Gasteiger partial charge in [-0.25, -0.2) is 0 Å². The highest BCUT2D eigenvalue weighted by molar-refractivity contribution is 5.99. The number of rotatable bonds is 4. The number of aromatic nitrogens is 1. The number of nitrogens with zero attached hydrogens (tertiary/aromatic N) is 3. The van der Waals surface area contributed by atoms with Crippen LogP contribution >= 0.6 is 0 Å². The van der Waals surface area contributed by atoms with Crippen molar-refractivity contribution in [3.05, 3.63) is 59.4 Å². The van der Waals surface area contributed by atoms with E-state index < -0.39 is 0 Å². The molecule has 29 heavy (non-hydrogen) atoms. The van der Waals surface area contributed by atoms with E-state index in [1.54, 1.807) is 12.3 Å². The van der Waals surface area contributed by atoms with E-state index in [9.17, 15) is 9.59 Å². The zero-order valence-electron chi connectivity index (χ0n) is 16.9. The van der Waals surface area contributed by atoms with Crippen LogP contribution < -0.4 is 10.2 Å². The Kier molecular flexibility index (Phi) is 5.79. The summed E-state index contributed by atoms with van der Waals surface area (Å²) in [5, 5.41) is 3.06. The van der Waals surface area contributed by atoms with E-state index >= 15 is 0 Å². The Balaban J connectivity index is 1.38. The molecule has 1 aliphatic heterocycles. The van der Waals surface area contributed by atoms with Gasteiger partial charge in [0.25, 0.3) is 11.8 Å². The molecule has 2 aliphatic rings. The van der Waals surface area contributed by atoms with Gasteiger partial charge in [0.1, 0.15) is 0 Å². The van der Waals surface area contributed by atoms with Crippen molar-refractivity contribution in [2.45, 2.75) is 38.6 Å². The fourth-order valence-electron chi connectivity index (χ4n) is 4.19. The third-order valence-corrected chi connectivity index (χ3v) is 5.87. The molecule has 0 radical (unpaired) electrons. The smallest absolute Gasteiger partial charge is 0.255 e. The number of anilines is 1. The van der Waals surface area contributed by atoms with Crippen LogP contribution in [0.5, 0.6) is 0 Å². The summed E-state index contributed by atoms with van der Waals surface area (Å²) < 4.78 is 0. The van der Waals surface area contributed by atoms with Gasteiger partial charge in [-0.05, 0) is 43.5 Å². The number of aryl methyl sites for hydroxylation is 1. The van der Waals surface area contributed by atoms with Crippen molar-refractivity contribution >= 4 is 17.5 Å². The standard InChI is InChI=1S/C23H28N4O2/c1-17-5-4-8-21(13-17)26-9-11-27(12-10-26)23(29)19-14-18(15-24-16-19)22(28)25-20-6-2-3-7-20/h4-5,8,13-16,20H,2-3,6-7,9-12H2,1H3,(H,25,28). The largest absolute Gasteiger partial charge is 0.368 e. The van der Waals surface area contributed by atoms with E-state index in [2.05, 4.69) is 46.4 Å². The normalized spacial score (nSPS) is 17.4. The lowest BCUT2D eigenvalue weighted by atomic mass is 10.1. The molecule has 4 rings (SSSR count). The van der Waals surface area contributed by atoms with Crippen molar-refractivity contribution in [3.63, 3.8) is 0 Å². The first kappa shape index (κ1) is 19.4. The number of hydrogen-bond donors (Lipinski definition) is 1. The Morgan fingerprint density at radius 2 is 1.72 bits per heavy atom. The van der Waals surface area contributed by atoms with Gasteiger partial charge in [0, 0.05) is 50.3 Å². The predicted molar refractivity (Wildman–Crippen MR) is 113 cm³/mol. The molecule has 0 bridgehead atoms. The average molecular weight is 393 g/mol. The lowest BCUT2D eigenvalue weighted by molar-refractivity contribution is 0.0746. The summed E-state index contributed by atoms with van der Waals surface area (Å²) in [5.41, 5.74) is 3.37. The van der Waals surface area contributed by atoms with Crippen LogP contribution in [-0.4, -0.2) is 53.9 Å². The van der Waals surface area contributed by atoms with Crippen LogP contribution in [0.2, 0.25) is 0 Å². The molecule has 1 N–H and O–H groups in total. The third-order valence-electron chi connectivity index (χ3n) is 5.87. The van der Waals surface area contributed by atoms with E-state index in [0.29, 0.717) is 24.2 Å². The highest BCUT2D eigenvalue weighted by atomic mass is 16.2. The van der Waals surface area contributed by atoms with Gasteiger partial charge >= 0.3 is 0 Å². The molecular formula is C23H28N4O2.